The molecule has 11 heteroatoms. The van der Waals surface area contributed by atoms with Gasteiger partial charge in [0.1, 0.15) is 5.69 Å². The van der Waals surface area contributed by atoms with Crippen LogP contribution in [-0.2, 0) is 11.3 Å². The van der Waals surface area contributed by atoms with E-state index in [1.807, 2.05) is 46.3 Å². The van der Waals surface area contributed by atoms with Crippen molar-refractivity contribution in [3.8, 4) is 11.4 Å². The van der Waals surface area contributed by atoms with Crippen LogP contribution in [0.2, 0.25) is 5.02 Å². The third-order valence-electron chi connectivity index (χ3n) is 4.95. The van der Waals surface area contributed by atoms with Crippen molar-refractivity contribution < 1.29 is 9.53 Å². The smallest absolute Gasteiger partial charge is 0.314 e. The first-order valence-corrected chi connectivity index (χ1v) is 11.5. The van der Waals surface area contributed by atoms with E-state index in [1.54, 1.807) is 7.05 Å². The number of aromatic nitrogens is 3. The van der Waals surface area contributed by atoms with Gasteiger partial charge in [0, 0.05) is 43.6 Å². The van der Waals surface area contributed by atoms with Crippen LogP contribution in [0.5, 0.6) is 0 Å². The van der Waals surface area contributed by atoms with Gasteiger partial charge in [0.15, 0.2) is 10.6 Å². The lowest BCUT2D eigenvalue weighted by Crippen LogP contribution is -2.36. The number of carbonyl (C=O) groups excluding carboxylic acids is 1. The van der Waals surface area contributed by atoms with E-state index in [4.69, 9.17) is 21.3 Å². The van der Waals surface area contributed by atoms with Crippen LogP contribution < -0.4 is 20.3 Å². The van der Waals surface area contributed by atoms with Crippen molar-refractivity contribution in [2.24, 2.45) is 4.99 Å². The molecule has 2 N–H and O–H groups in total. The van der Waals surface area contributed by atoms with Crippen LogP contribution in [0.1, 0.15) is 0 Å². The van der Waals surface area contributed by atoms with E-state index in [0.29, 0.717) is 31.3 Å². The second kappa shape index (κ2) is 10.6. The highest BCUT2D eigenvalue weighted by molar-refractivity contribution is 7.07. The molecule has 2 aromatic heterocycles. The third kappa shape index (κ3) is 5.45. The van der Waals surface area contributed by atoms with Crippen molar-refractivity contribution in [2.75, 3.05) is 44.8 Å². The van der Waals surface area contributed by atoms with Gasteiger partial charge in [-0.25, -0.2) is 9.79 Å². The predicted molar refractivity (Wildman–Crippen MR) is 126 cm³/mol. The quantitative estimate of drug-likeness (QED) is 0.573. The number of rotatable bonds is 6. The summed E-state index contributed by atoms with van der Waals surface area (Å²) in [5.41, 5.74) is 2.43. The van der Waals surface area contributed by atoms with Gasteiger partial charge < -0.3 is 24.8 Å². The highest BCUT2D eigenvalue weighted by Gasteiger charge is 2.15. The molecule has 0 saturated carbocycles. The lowest BCUT2D eigenvalue weighted by molar-refractivity contribution is 0.122. The van der Waals surface area contributed by atoms with E-state index >= 15 is 0 Å². The van der Waals surface area contributed by atoms with Crippen molar-refractivity contribution in [1.29, 1.82) is 0 Å². The summed E-state index contributed by atoms with van der Waals surface area (Å²) in [6.07, 6.45) is 0. The van der Waals surface area contributed by atoms with Crippen LogP contribution in [0.15, 0.2) is 46.8 Å². The molecule has 3 heterocycles. The van der Waals surface area contributed by atoms with E-state index in [1.165, 1.54) is 11.3 Å². The molecule has 0 atom stereocenters. The van der Waals surface area contributed by atoms with Crippen LogP contribution >= 0.6 is 22.9 Å². The van der Waals surface area contributed by atoms with Gasteiger partial charge in [-0.1, -0.05) is 11.6 Å². The van der Waals surface area contributed by atoms with Gasteiger partial charge in [-0.05, 0) is 36.4 Å². The van der Waals surface area contributed by atoms with E-state index in [9.17, 15) is 4.79 Å². The molecular formula is C21H24ClN7O2S. The third-order valence-corrected chi connectivity index (χ3v) is 6.06. The Balaban J connectivity index is 1.63. The number of nitrogens with zero attached hydrogens (tertiary/aromatic N) is 5. The van der Waals surface area contributed by atoms with Crippen molar-refractivity contribution in [2.45, 2.75) is 6.54 Å². The number of benzene rings is 1. The highest BCUT2D eigenvalue weighted by atomic mass is 35.5. The zero-order valence-corrected chi connectivity index (χ0v) is 19.2. The molecule has 1 aliphatic rings. The first kappa shape index (κ1) is 22.3. The van der Waals surface area contributed by atoms with Gasteiger partial charge in [-0.3, -0.25) is 0 Å². The van der Waals surface area contributed by atoms with Crippen molar-refractivity contribution in [3.05, 3.63) is 51.6 Å². The molecule has 1 aromatic carbocycles. The van der Waals surface area contributed by atoms with Crippen LogP contribution in [0.4, 0.5) is 16.3 Å². The number of thiazole rings is 1. The van der Waals surface area contributed by atoms with Gasteiger partial charge in [-0.15, -0.1) is 21.5 Å². The summed E-state index contributed by atoms with van der Waals surface area (Å²) in [5, 5.41) is 17.0. The number of ether oxygens (including phenoxy) is 1. The van der Waals surface area contributed by atoms with E-state index in [0.717, 1.165) is 40.8 Å². The second-order valence-corrected chi connectivity index (χ2v) is 8.30. The van der Waals surface area contributed by atoms with Gasteiger partial charge >= 0.3 is 6.03 Å². The number of carbonyl (C=O) groups is 1. The van der Waals surface area contributed by atoms with Crippen LogP contribution in [-0.4, -0.2) is 60.7 Å². The molecule has 0 bridgehead atoms. The number of amides is 2. The Morgan fingerprint density at radius 2 is 1.97 bits per heavy atom. The fraction of sp³-hybridized carbons (Fsp3) is 0.333. The van der Waals surface area contributed by atoms with Gasteiger partial charge in [0.25, 0.3) is 0 Å². The number of hydrogen-bond acceptors (Lipinski definition) is 7. The zero-order valence-electron chi connectivity index (χ0n) is 17.6. The molecule has 168 valence electrons. The number of anilines is 1. The lowest BCUT2D eigenvalue weighted by atomic mass is 10.3. The zero-order chi connectivity index (χ0) is 22.3. The van der Waals surface area contributed by atoms with Gasteiger partial charge in [0.2, 0.25) is 0 Å². The Hall–Kier alpha value is -2.95. The molecule has 0 spiro atoms. The molecule has 1 aliphatic heterocycles. The summed E-state index contributed by atoms with van der Waals surface area (Å²) in [7, 11) is 1.59. The summed E-state index contributed by atoms with van der Waals surface area (Å²) in [6.45, 7) is 3.98. The summed E-state index contributed by atoms with van der Waals surface area (Å²) < 4.78 is 7.44. The van der Waals surface area contributed by atoms with Crippen molar-refractivity contribution >= 4 is 40.5 Å². The normalized spacial score (nSPS) is 14.4. The molecule has 1 saturated heterocycles. The van der Waals surface area contributed by atoms with Crippen molar-refractivity contribution in [3.63, 3.8) is 0 Å². The predicted octanol–water partition coefficient (Wildman–Crippen LogP) is 2.66. The van der Waals surface area contributed by atoms with Gasteiger partial charge in [-0.2, -0.15) is 0 Å². The van der Waals surface area contributed by atoms with Crippen LogP contribution in [0.25, 0.3) is 11.4 Å². The largest absolute Gasteiger partial charge is 0.378 e. The molecule has 4 rings (SSSR count). The monoisotopic (exact) mass is 473 g/mol. The molecule has 0 unspecified atom stereocenters. The highest BCUT2D eigenvalue weighted by Crippen LogP contribution is 2.21. The Morgan fingerprint density at radius 1 is 1.19 bits per heavy atom. The van der Waals surface area contributed by atoms with Crippen LogP contribution in [0, 0.1) is 0 Å². The van der Waals surface area contributed by atoms with Crippen LogP contribution in [0.3, 0.4) is 0 Å². The van der Waals surface area contributed by atoms with Gasteiger partial charge in [0.05, 0.1) is 24.6 Å². The molecule has 3 aromatic rings. The minimum absolute atomic E-state index is 0.228. The second-order valence-electron chi connectivity index (χ2n) is 7.03. The Kier molecular flexibility index (Phi) is 7.35. The lowest BCUT2D eigenvalue weighted by Gasteiger charge is -2.27. The van der Waals surface area contributed by atoms with Crippen molar-refractivity contribution in [1.82, 2.24) is 25.4 Å². The molecular weight excluding hydrogens is 450 g/mol. The summed E-state index contributed by atoms with van der Waals surface area (Å²) in [5.74, 6) is 0.839. The maximum atomic E-state index is 11.6. The molecule has 1 fully saturated rings. The maximum Gasteiger partial charge on any atom is 0.314 e. The SMILES string of the molecule is CNC(=O)NCCn1c(-c2ccc(N3CCOCC3)nn2)csc1=Nc1ccc(Cl)cc1. The molecule has 0 aliphatic carbocycles. The number of halogens is 1. The minimum Gasteiger partial charge on any atom is -0.378 e. The van der Waals surface area contributed by atoms with E-state index in [2.05, 4.69) is 25.7 Å². The molecule has 0 radical (unpaired) electrons. The minimum atomic E-state index is -0.228. The Bertz CT molecular complexity index is 1110. The summed E-state index contributed by atoms with van der Waals surface area (Å²) in [4.78, 5) is 19.3. The Morgan fingerprint density at radius 3 is 2.66 bits per heavy atom. The first-order chi connectivity index (χ1) is 15.6. The topological polar surface area (TPSA) is 96.7 Å². The average molecular weight is 474 g/mol. The first-order valence-electron chi connectivity index (χ1n) is 10.2. The van der Waals surface area contributed by atoms with E-state index < -0.39 is 0 Å². The fourth-order valence-corrected chi connectivity index (χ4v) is 4.32. The maximum absolute atomic E-state index is 11.6. The molecule has 32 heavy (non-hydrogen) atoms. The summed E-state index contributed by atoms with van der Waals surface area (Å²) in [6, 6.07) is 11.1. The summed E-state index contributed by atoms with van der Waals surface area (Å²) >= 11 is 7.50. The number of nitrogens with one attached hydrogen (secondary N) is 2. The Labute approximate surface area is 194 Å². The number of morpholine rings is 1. The van der Waals surface area contributed by atoms with E-state index in [-0.39, 0.29) is 6.03 Å². The number of urea groups is 1. The average Bonchev–Trinajstić information content (AvgIpc) is 3.23. The molecule has 2 amide bonds. The number of hydrogen-bond donors (Lipinski definition) is 2. The fourth-order valence-electron chi connectivity index (χ4n) is 3.26. The molecule has 9 nitrogen and oxygen atoms in total. The standard InChI is InChI=1S/C21H24ClN7O2S/c1-23-20(30)24-8-9-29-18(14-32-21(29)25-16-4-2-15(22)3-5-16)17-6-7-19(27-26-17)28-10-12-31-13-11-28/h2-7,14H,8-13H2,1H3,(H2,23,24,30).